The van der Waals surface area contributed by atoms with E-state index in [9.17, 15) is 0 Å². The highest BCUT2D eigenvalue weighted by Gasteiger charge is 1.97. The summed E-state index contributed by atoms with van der Waals surface area (Å²) < 4.78 is 9.88. The predicted octanol–water partition coefficient (Wildman–Crippen LogP) is 1.60. The Morgan fingerprint density at radius 1 is 1.70 bits per heavy atom. The average molecular weight is 141 g/mol. The second kappa shape index (κ2) is 3.37. The van der Waals surface area contributed by atoms with Crippen molar-refractivity contribution in [2.45, 2.75) is 26.6 Å². The smallest absolute Gasteiger partial charge is 0.124 e. The van der Waals surface area contributed by atoms with Gasteiger partial charge in [-0.25, -0.2) is 0 Å². The molecule has 0 aliphatic heterocycles. The molecule has 1 aromatic heterocycles. The van der Waals surface area contributed by atoms with Gasteiger partial charge >= 0.3 is 0 Å². The van der Waals surface area contributed by atoms with E-state index in [1.54, 1.807) is 12.3 Å². The summed E-state index contributed by atoms with van der Waals surface area (Å²) in [7, 11) is 0. The van der Waals surface area contributed by atoms with Gasteiger partial charge in [0, 0.05) is 6.07 Å². The van der Waals surface area contributed by atoms with Gasteiger partial charge in [-0.05, 0) is 13.8 Å². The van der Waals surface area contributed by atoms with Gasteiger partial charge in [-0.3, -0.25) is 0 Å². The third-order valence-corrected chi connectivity index (χ3v) is 1.06. The van der Waals surface area contributed by atoms with Gasteiger partial charge in [0.2, 0.25) is 0 Å². The van der Waals surface area contributed by atoms with Crippen molar-refractivity contribution in [1.29, 1.82) is 0 Å². The molecular weight excluding hydrogens is 130 g/mol. The molecule has 1 rings (SSSR count). The molecule has 10 heavy (non-hydrogen) atoms. The maximum atomic E-state index is 5.26. The fourth-order valence-corrected chi connectivity index (χ4v) is 0.564. The Kier molecular flexibility index (Phi) is 2.45. The third kappa shape index (κ3) is 2.19. The number of rotatable bonds is 3. The summed E-state index contributed by atoms with van der Waals surface area (Å²) in [4.78, 5) is 0. The van der Waals surface area contributed by atoms with Crippen LogP contribution in [0.1, 0.15) is 19.5 Å². The van der Waals surface area contributed by atoms with E-state index in [1.165, 1.54) is 0 Å². The van der Waals surface area contributed by atoms with Crippen molar-refractivity contribution >= 4 is 0 Å². The van der Waals surface area contributed by atoms with E-state index in [-0.39, 0.29) is 6.10 Å². The Morgan fingerprint density at radius 3 is 3.00 bits per heavy atom. The number of hydrogen-bond acceptors (Lipinski definition) is 3. The van der Waals surface area contributed by atoms with Crippen LogP contribution < -0.4 is 0 Å². The zero-order chi connectivity index (χ0) is 7.40. The standard InChI is InChI=1S/C7H11NO2/c1-6(2)9-5-7-3-4-10-8-7/h3-4,6H,5H2,1-2H3. The molecule has 0 spiro atoms. The van der Waals surface area contributed by atoms with Gasteiger partial charge in [0.05, 0.1) is 12.7 Å². The molecule has 3 nitrogen and oxygen atoms in total. The zero-order valence-corrected chi connectivity index (χ0v) is 6.20. The summed E-state index contributed by atoms with van der Waals surface area (Å²) >= 11 is 0. The predicted molar refractivity (Wildman–Crippen MR) is 36.4 cm³/mol. The van der Waals surface area contributed by atoms with Crippen LogP contribution in [0.3, 0.4) is 0 Å². The van der Waals surface area contributed by atoms with Crippen molar-refractivity contribution in [3.05, 3.63) is 18.0 Å². The minimum Gasteiger partial charge on any atom is -0.372 e. The van der Waals surface area contributed by atoms with E-state index in [0.717, 1.165) is 5.69 Å². The molecule has 0 aromatic carbocycles. The van der Waals surface area contributed by atoms with E-state index >= 15 is 0 Å². The lowest BCUT2D eigenvalue weighted by Gasteiger charge is -2.03. The first-order valence-corrected chi connectivity index (χ1v) is 3.30. The van der Waals surface area contributed by atoms with E-state index in [4.69, 9.17) is 4.74 Å². The second-order valence-electron chi connectivity index (χ2n) is 2.35. The molecule has 0 aliphatic rings. The SMILES string of the molecule is CC(C)OCc1ccon1. The molecule has 0 saturated heterocycles. The summed E-state index contributed by atoms with van der Waals surface area (Å²) in [6, 6.07) is 1.79. The highest BCUT2D eigenvalue weighted by Crippen LogP contribution is 1.99. The Morgan fingerprint density at radius 2 is 2.50 bits per heavy atom. The lowest BCUT2D eigenvalue weighted by Crippen LogP contribution is -2.01. The molecule has 0 bridgehead atoms. The summed E-state index contributed by atoms with van der Waals surface area (Å²) in [6.45, 7) is 4.51. The van der Waals surface area contributed by atoms with E-state index in [0.29, 0.717) is 6.61 Å². The van der Waals surface area contributed by atoms with Crippen molar-refractivity contribution in [2.24, 2.45) is 0 Å². The molecule has 56 valence electrons. The van der Waals surface area contributed by atoms with Gasteiger partial charge in [-0.15, -0.1) is 0 Å². The van der Waals surface area contributed by atoms with Crippen molar-refractivity contribution in [3.8, 4) is 0 Å². The molecule has 1 heterocycles. The molecule has 0 fully saturated rings. The molecule has 0 amide bonds. The Balaban J connectivity index is 2.28. The van der Waals surface area contributed by atoms with Crippen LogP contribution in [-0.4, -0.2) is 11.3 Å². The van der Waals surface area contributed by atoms with Crippen LogP contribution in [-0.2, 0) is 11.3 Å². The van der Waals surface area contributed by atoms with Crippen LogP contribution in [0, 0.1) is 0 Å². The molecule has 0 atom stereocenters. The molecular formula is C7H11NO2. The fraction of sp³-hybridized carbons (Fsp3) is 0.571. The van der Waals surface area contributed by atoms with E-state index in [1.807, 2.05) is 13.8 Å². The summed E-state index contributed by atoms with van der Waals surface area (Å²) in [5, 5.41) is 3.69. The van der Waals surface area contributed by atoms with Crippen LogP contribution in [0.25, 0.3) is 0 Å². The zero-order valence-electron chi connectivity index (χ0n) is 6.20. The fourth-order valence-electron chi connectivity index (χ4n) is 0.564. The van der Waals surface area contributed by atoms with Crippen LogP contribution in [0.5, 0.6) is 0 Å². The van der Waals surface area contributed by atoms with Crippen molar-refractivity contribution in [3.63, 3.8) is 0 Å². The summed E-state index contributed by atoms with van der Waals surface area (Å²) in [5.41, 5.74) is 0.841. The van der Waals surface area contributed by atoms with Crippen LogP contribution >= 0.6 is 0 Å². The molecule has 3 heteroatoms. The maximum Gasteiger partial charge on any atom is 0.124 e. The largest absolute Gasteiger partial charge is 0.372 e. The number of hydrogen-bond donors (Lipinski definition) is 0. The van der Waals surface area contributed by atoms with Crippen LogP contribution in [0.15, 0.2) is 16.9 Å². The second-order valence-corrected chi connectivity index (χ2v) is 2.35. The normalized spacial score (nSPS) is 10.7. The topological polar surface area (TPSA) is 35.3 Å². The summed E-state index contributed by atoms with van der Waals surface area (Å²) in [5.74, 6) is 0. The van der Waals surface area contributed by atoms with Crippen LogP contribution in [0.4, 0.5) is 0 Å². The monoisotopic (exact) mass is 141 g/mol. The molecule has 0 N–H and O–H groups in total. The third-order valence-electron chi connectivity index (χ3n) is 1.06. The minimum atomic E-state index is 0.247. The van der Waals surface area contributed by atoms with Crippen LogP contribution in [0.2, 0.25) is 0 Å². The van der Waals surface area contributed by atoms with Gasteiger partial charge < -0.3 is 9.26 Å². The number of ether oxygens (including phenoxy) is 1. The van der Waals surface area contributed by atoms with Crippen molar-refractivity contribution < 1.29 is 9.26 Å². The van der Waals surface area contributed by atoms with Crippen molar-refractivity contribution in [2.75, 3.05) is 0 Å². The maximum absolute atomic E-state index is 5.26. The van der Waals surface area contributed by atoms with E-state index in [2.05, 4.69) is 9.68 Å². The van der Waals surface area contributed by atoms with Gasteiger partial charge in [0.15, 0.2) is 0 Å². The molecule has 0 aliphatic carbocycles. The minimum absolute atomic E-state index is 0.247. The first kappa shape index (κ1) is 7.28. The first-order chi connectivity index (χ1) is 4.79. The van der Waals surface area contributed by atoms with Gasteiger partial charge in [0.25, 0.3) is 0 Å². The molecule has 0 saturated carbocycles. The molecule has 0 unspecified atom stereocenters. The van der Waals surface area contributed by atoms with Gasteiger partial charge in [0.1, 0.15) is 12.0 Å². The molecule has 1 aromatic rings. The Labute approximate surface area is 60.0 Å². The number of aromatic nitrogens is 1. The average Bonchev–Trinajstić information content (AvgIpc) is 2.34. The quantitative estimate of drug-likeness (QED) is 0.641. The van der Waals surface area contributed by atoms with Crippen molar-refractivity contribution in [1.82, 2.24) is 5.16 Å². The number of nitrogens with zero attached hydrogens (tertiary/aromatic N) is 1. The highest BCUT2D eigenvalue weighted by molar-refractivity contribution is 4.92. The van der Waals surface area contributed by atoms with Gasteiger partial charge in [-0.2, -0.15) is 0 Å². The Bertz CT molecular complexity index is 170. The van der Waals surface area contributed by atoms with Gasteiger partial charge in [-0.1, -0.05) is 5.16 Å². The molecule has 0 radical (unpaired) electrons. The first-order valence-electron chi connectivity index (χ1n) is 3.30. The highest BCUT2D eigenvalue weighted by atomic mass is 16.5. The Hall–Kier alpha value is -0.830. The lowest BCUT2D eigenvalue weighted by atomic mass is 10.4. The summed E-state index contributed by atoms with van der Waals surface area (Å²) in [6.07, 6.45) is 1.79. The van der Waals surface area contributed by atoms with E-state index < -0.39 is 0 Å². The lowest BCUT2D eigenvalue weighted by molar-refractivity contribution is 0.0619.